The van der Waals surface area contributed by atoms with Gasteiger partial charge in [-0.2, -0.15) is 5.10 Å². The highest BCUT2D eigenvalue weighted by Crippen LogP contribution is 2.19. The Bertz CT molecular complexity index is 721. The molecule has 0 amide bonds. The Morgan fingerprint density at radius 3 is 2.39 bits per heavy atom. The second-order valence-electron chi connectivity index (χ2n) is 5.26. The van der Waals surface area contributed by atoms with Crippen molar-refractivity contribution in [2.45, 2.75) is 20.8 Å². The molecule has 0 aromatic heterocycles. The zero-order valence-electron chi connectivity index (χ0n) is 13.8. The number of para-hydroxylation sites is 1. The first-order valence-corrected chi connectivity index (χ1v) is 7.74. The van der Waals surface area contributed by atoms with E-state index in [1.54, 1.807) is 7.11 Å². The van der Waals surface area contributed by atoms with Crippen molar-refractivity contribution in [1.29, 1.82) is 0 Å². The van der Waals surface area contributed by atoms with Gasteiger partial charge in [0.05, 0.1) is 12.8 Å². The van der Waals surface area contributed by atoms with Crippen molar-refractivity contribution < 1.29 is 4.74 Å². The van der Waals surface area contributed by atoms with Crippen molar-refractivity contribution in [1.82, 2.24) is 5.43 Å². The number of rotatable bonds is 4. The topological polar surface area (TPSA) is 45.6 Å². The number of hydrazone groups is 1. The molecule has 0 aliphatic carbocycles. The molecule has 0 bridgehead atoms. The number of anilines is 1. The average molecular weight is 327 g/mol. The minimum absolute atomic E-state index is 0.463. The fraction of sp³-hybridized carbons (Fsp3) is 0.222. The van der Waals surface area contributed by atoms with Crippen LogP contribution in [-0.2, 0) is 0 Å². The molecule has 23 heavy (non-hydrogen) atoms. The number of ether oxygens (including phenoxy) is 1. The van der Waals surface area contributed by atoms with Crippen LogP contribution >= 0.6 is 12.2 Å². The molecule has 120 valence electrons. The molecule has 4 nitrogen and oxygen atoms in total. The number of nitrogens with one attached hydrogen (secondary N) is 2. The maximum Gasteiger partial charge on any atom is 0.191 e. The summed E-state index contributed by atoms with van der Waals surface area (Å²) in [6, 6.07) is 13.9. The van der Waals surface area contributed by atoms with E-state index in [0.717, 1.165) is 33.8 Å². The van der Waals surface area contributed by atoms with Crippen LogP contribution in [0.15, 0.2) is 47.6 Å². The van der Waals surface area contributed by atoms with Crippen molar-refractivity contribution in [2.24, 2.45) is 5.10 Å². The van der Waals surface area contributed by atoms with Crippen LogP contribution in [0.5, 0.6) is 5.75 Å². The van der Waals surface area contributed by atoms with E-state index < -0.39 is 0 Å². The third-order valence-electron chi connectivity index (χ3n) is 3.53. The van der Waals surface area contributed by atoms with E-state index >= 15 is 0 Å². The largest absolute Gasteiger partial charge is 0.497 e. The molecular weight excluding hydrogens is 306 g/mol. The Balaban J connectivity index is 2.05. The number of nitrogens with zero attached hydrogens (tertiary/aromatic N) is 1. The summed E-state index contributed by atoms with van der Waals surface area (Å²) < 4.78 is 5.22. The summed E-state index contributed by atoms with van der Waals surface area (Å²) in [7, 11) is 1.65. The monoisotopic (exact) mass is 327 g/mol. The van der Waals surface area contributed by atoms with Gasteiger partial charge in [-0.15, -0.1) is 0 Å². The van der Waals surface area contributed by atoms with Gasteiger partial charge in [0, 0.05) is 11.3 Å². The van der Waals surface area contributed by atoms with Crippen LogP contribution in [0.4, 0.5) is 5.69 Å². The quantitative estimate of drug-likeness (QED) is 0.506. The standard InChI is InChI=1S/C18H21N3OS/c1-12-7-5-8-13(2)17(12)19-18(23)21-20-14(3)15-9-6-10-16(11-15)22-4/h5-11H,1-4H3,(H2,19,21,23)/b20-14-. The van der Waals surface area contributed by atoms with Crippen molar-refractivity contribution >= 4 is 28.7 Å². The highest BCUT2D eigenvalue weighted by atomic mass is 32.1. The Morgan fingerprint density at radius 2 is 1.74 bits per heavy atom. The van der Waals surface area contributed by atoms with Gasteiger partial charge in [-0.3, -0.25) is 5.43 Å². The molecule has 0 aliphatic heterocycles. The smallest absolute Gasteiger partial charge is 0.191 e. The van der Waals surface area contributed by atoms with Crippen LogP contribution in [0, 0.1) is 13.8 Å². The Labute approximate surface area is 142 Å². The third-order valence-corrected chi connectivity index (χ3v) is 3.73. The summed E-state index contributed by atoms with van der Waals surface area (Å²) >= 11 is 5.32. The number of hydrogen-bond acceptors (Lipinski definition) is 3. The first-order chi connectivity index (χ1) is 11.0. The summed E-state index contributed by atoms with van der Waals surface area (Å²) in [5.74, 6) is 0.799. The van der Waals surface area contributed by atoms with Gasteiger partial charge < -0.3 is 10.1 Å². The lowest BCUT2D eigenvalue weighted by Gasteiger charge is -2.13. The molecule has 0 radical (unpaired) electrons. The Morgan fingerprint density at radius 1 is 1.09 bits per heavy atom. The molecule has 0 unspecified atom stereocenters. The van der Waals surface area contributed by atoms with E-state index in [1.165, 1.54) is 0 Å². The van der Waals surface area contributed by atoms with E-state index in [1.807, 2.05) is 63.2 Å². The van der Waals surface area contributed by atoms with E-state index in [4.69, 9.17) is 17.0 Å². The van der Waals surface area contributed by atoms with Gasteiger partial charge in [-0.05, 0) is 56.2 Å². The van der Waals surface area contributed by atoms with E-state index in [9.17, 15) is 0 Å². The SMILES string of the molecule is COc1cccc(/C(C)=N\NC(=S)Nc2c(C)cccc2C)c1. The molecule has 0 aliphatic rings. The van der Waals surface area contributed by atoms with Crippen LogP contribution in [0.3, 0.4) is 0 Å². The number of hydrogen-bond donors (Lipinski definition) is 2. The number of methoxy groups -OCH3 is 1. The minimum Gasteiger partial charge on any atom is -0.497 e. The molecule has 0 saturated carbocycles. The van der Waals surface area contributed by atoms with E-state index in [-0.39, 0.29) is 0 Å². The van der Waals surface area contributed by atoms with E-state index in [2.05, 4.69) is 15.8 Å². The molecule has 5 heteroatoms. The highest BCUT2D eigenvalue weighted by Gasteiger charge is 2.04. The van der Waals surface area contributed by atoms with Crippen molar-refractivity contribution in [2.75, 3.05) is 12.4 Å². The molecule has 0 saturated heterocycles. The van der Waals surface area contributed by atoms with Gasteiger partial charge in [0.2, 0.25) is 0 Å². The molecule has 2 aromatic carbocycles. The fourth-order valence-electron chi connectivity index (χ4n) is 2.20. The first-order valence-electron chi connectivity index (χ1n) is 7.33. The highest BCUT2D eigenvalue weighted by molar-refractivity contribution is 7.80. The number of benzene rings is 2. The van der Waals surface area contributed by atoms with Crippen molar-refractivity contribution in [3.63, 3.8) is 0 Å². The fourth-order valence-corrected chi connectivity index (χ4v) is 2.35. The van der Waals surface area contributed by atoms with Crippen LogP contribution in [0.25, 0.3) is 0 Å². The molecular formula is C18H21N3OS. The molecule has 2 N–H and O–H groups in total. The van der Waals surface area contributed by atoms with E-state index in [0.29, 0.717) is 5.11 Å². The molecule has 0 heterocycles. The zero-order valence-corrected chi connectivity index (χ0v) is 14.6. The molecule has 0 fully saturated rings. The predicted molar refractivity (Wildman–Crippen MR) is 100 cm³/mol. The third kappa shape index (κ3) is 4.53. The van der Waals surface area contributed by atoms with Gasteiger partial charge in [0.15, 0.2) is 5.11 Å². The summed E-state index contributed by atoms with van der Waals surface area (Å²) in [5.41, 5.74) is 7.99. The van der Waals surface area contributed by atoms with Crippen LogP contribution < -0.4 is 15.5 Å². The maximum absolute atomic E-state index is 5.32. The summed E-state index contributed by atoms with van der Waals surface area (Å²) in [5, 5.41) is 7.99. The molecule has 0 atom stereocenters. The number of thiocarbonyl (C=S) groups is 1. The van der Waals surface area contributed by atoms with Crippen LogP contribution in [0.2, 0.25) is 0 Å². The van der Waals surface area contributed by atoms with Gasteiger partial charge in [0.25, 0.3) is 0 Å². The van der Waals surface area contributed by atoms with Gasteiger partial charge >= 0.3 is 0 Å². The molecule has 0 spiro atoms. The molecule has 2 rings (SSSR count). The summed E-state index contributed by atoms with van der Waals surface area (Å²) in [4.78, 5) is 0. The Kier molecular flexibility index (Phi) is 5.71. The first kappa shape index (κ1) is 17.0. The molecule has 2 aromatic rings. The maximum atomic E-state index is 5.32. The van der Waals surface area contributed by atoms with Crippen LogP contribution in [-0.4, -0.2) is 17.9 Å². The second kappa shape index (κ2) is 7.74. The lowest BCUT2D eigenvalue weighted by molar-refractivity contribution is 0.414. The van der Waals surface area contributed by atoms with Crippen molar-refractivity contribution in [3.8, 4) is 5.75 Å². The average Bonchev–Trinajstić information content (AvgIpc) is 2.56. The summed E-state index contributed by atoms with van der Waals surface area (Å²) in [6.45, 7) is 6.01. The zero-order chi connectivity index (χ0) is 16.8. The second-order valence-corrected chi connectivity index (χ2v) is 5.67. The lowest BCUT2D eigenvalue weighted by atomic mass is 10.1. The van der Waals surface area contributed by atoms with Gasteiger partial charge in [-0.25, -0.2) is 0 Å². The lowest BCUT2D eigenvalue weighted by Crippen LogP contribution is -2.25. The number of aryl methyl sites for hydroxylation is 2. The van der Waals surface area contributed by atoms with Crippen molar-refractivity contribution in [3.05, 3.63) is 59.2 Å². The summed E-state index contributed by atoms with van der Waals surface area (Å²) in [6.07, 6.45) is 0. The Hall–Kier alpha value is -2.40. The van der Waals surface area contributed by atoms with Gasteiger partial charge in [0.1, 0.15) is 5.75 Å². The van der Waals surface area contributed by atoms with Gasteiger partial charge in [-0.1, -0.05) is 30.3 Å². The predicted octanol–water partition coefficient (Wildman–Crippen LogP) is 4.02. The normalized spacial score (nSPS) is 11.0. The minimum atomic E-state index is 0.463. The van der Waals surface area contributed by atoms with Crippen LogP contribution in [0.1, 0.15) is 23.6 Å².